The van der Waals surface area contributed by atoms with Crippen LogP contribution < -0.4 is 9.47 Å². The third-order valence-corrected chi connectivity index (χ3v) is 4.83. The van der Waals surface area contributed by atoms with Crippen molar-refractivity contribution in [3.8, 4) is 11.5 Å². The first-order chi connectivity index (χ1) is 14.4. The van der Waals surface area contributed by atoms with Gasteiger partial charge in [-0.25, -0.2) is 0 Å². The summed E-state index contributed by atoms with van der Waals surface area (Å²) < 4.78 is 72.3. The van der Waals surface area contributed by atoms with Gasteiger partial charge in [0.25, 0.3) is 0 Å². The molecule has 0 aliphatic carbocycles. The maximum absolute atomic E-state index is 14.5. The molecule has 3 rings (SSSR count). The van der Waals surface area contributed by atoms with Gasteiger partial charge in [0, 0.05) is 0 Å². The van der Waals surface area contributed by atoms with Gasteiger partial charge >= 0.3 is 6.11 Å². The lowest BCUT2D eigenvalue weighted by molar-refractivity contribution is -0.187. The summed E-state index contributed by atoms with van der Waals surface area (Å²) in [5.74, 6) is -4.15. The number of rotatable bonds is 8. The minimum Gasteiger partial charge on any atom is -0.491 e. The van der Waals surface area contributed by atoms with Crippen molar-refractivity contribution in [1.29, 1.82) is 0 Å². The Bertz CT molecular complexity index is 894. The number of hydrogen-bond donors (Lipinski definition) is 0. The SMILES string of the molecule is CCCC1=CCC(c2ccc(C(F)(F)Oc3ccc(OCC)c(F)c3F)cc2)OC1. The topological polar surface area (TPSA) is 27.7 Å². The zero-order chi connectivity index (χ0) is 21.7. The van der Waals surface area contributed by atoms with Gasteiger partial charge in [-0.1, -0.05) is 31.6 Å². The van der Waals surface area contributed by atoms with Gasteiger partial charge in [0.15, 0.2) is 11.5 Å². The Labute approximate surface area is 173 Å². The van der Waals surface area contributed by atoms with Crippen LogP contribution in [0.1, 0.15) is 50.3 Å². The molecule has 1 atom stereocenters. The highest BCUT2D eigenvalue weighted by molar-refractivity contribution is 5.36. The summed E-state index contributed by atoms with van der Waals surface area (Å²) in [6.07, 6.45) is 0.790. The van der Waals surface area contributed by atoms with Gasteiger partial charge in [0.1, 0.15) is 0 Å². The van der Waals surface area contributed by atoms with E-state index in [-0.39, 0.29) is 18.5 Å². The van der Waals surface area contributed by atoms with Crippen molar-refractivity contribution >= 4 is 0 Å². The zero-order valence-corrected chi connectivity index (χ0v) is 16.9. The molecule has 0 bridgehead atoms. The van der Waals surface area contributed by atoms with Gasteiger partial charge in [0.05, 0.1) is 24.9 Å². The van der Waals surface area contributed by atoms with E-state index in [9.17, 15) is 17.6 Å². The first kappa shape index (κ1) is 22.2. The molecule has 0 N–H and O–H groups in total. The molecule has 0 radical (unpaired) electrons. The van der Waals surface area contributed by atoms with E-state index in [0.717, 1.165) is 30.5 Å². The molecule has 30 heavy (non-hydrogen) atoms. The minimum absolute atomic E-state index is 0.111. The Hall–Kier alpha value is -2.54. The summed E-state index contributed by atoms with van der Waals surface area (Å²) in [4.78, 5) is 0. The highest BCUT2D eigenvalue weighted by Gasteiger charge is 2.36. The third kappa shape index (κ3) is 4.95. The van der Waals surface area contributed by atoms with E-state index in [4.69, 9.17) is 9.47 Å². The fourth-order valence-corrected chi connectivity index (χ4v) is 3.28. The standard InChI is InChI=1S/C23H24F4O3/c1-3-5-15-6-11-18(29-14-15)16-7-9-17(10-8-16)23(26,27)30-20-13-12-19(28-4-2)21(24)22(20)25/h6-10,12-13,18H,3-5,11,14H2,1-2H3. The third-order valence-electron chi connectivity index (χ3n) is 4.83. The number of benzene rings is 2. The van der Waals surface area contributed by atoms with Crippen molar-refractivity contribution in [2.75, 3.05) is 13.2 Å². The highest BCUT2D eigenvalue weighted by atomic mass is 19.3. The van der Waals surface area contributed by atoms with Crippen molar-refractivity contribution in [2.24, 2.45) is 0 Å². The Morgan fingerprint density at radius 2 is 1.67 bits per heavy atom. The van der Waals surface area contributed by atoms with Crippen LogP contribution in [-0.2, 0) is 10.8 Å². The molecule has 162 valence electrons. The summed E-state index contributed by atoms with van der Waals surface area (Å²) in [7, 11) is 0. The Morgan fingerprint density at radius 1 is 1.00 bits per heavy atom. The summed E-state index contributed by atoms with van der Waals surface area (Å²) in [5.41, 5.74) is 1.53. The molecule has 3 nitrogen and oxygen atoms in total. The highest BCUT2D eigenvalue weighted by Crippen LogP contribution is 2.36. The van der Waals surface area contributed by atoms with E-state index >= 15 is 0 Å². The van der Waals surface area contributed by atoms with Crippen molar-refractivity contribution in [3.05, 3.63) is 70.8 Å². The van der Waals surface area contributed by atoms with Crippen LogP contribution in [0.2, 0.25) is 0 Å². The molecule has 2 aromatic carbocycles. The van der Waals surface area contributed by atoms with E-state index < -0.39 is 29.1 Å². The van der Waals surface area contributed by atoms with Crippen LogP contribution in [0.25, 0.3) is 0 Å². The molecule has 1 aliphatic rings. The zero-order valence-electron chi connectivity index (χ0n) is 16.9. The molecule has 1 unspecified atom stereocenters. The Balaban J connectivity index is 1.72. The second-order valence-electron chi connectivity index (χ2n) is 7.01. The smallest absolute Gasteiger partial charge is 0.426 e. The van der Waals surface area contributed by atoms with Crippen molar-refractivity contribution in [3.63, 3.8) is 0 Å². The molecule has 0 spiro atoms. The maximum Gasteiger partial charge on any atom is 0.426 e. The molecule has 0 saturated carbocycles. The molecule has 1 aliphatic heterocycles. The normalized spacial score (nSPS) is 16.9. The van der Waals surface area contributed by atoms with Crippen molar-refractivity contribution in [1.82, 2.24) is 0 Å². The van der Waals surface area contributed by atoms with Crippen LogP contribution in [0, 0.1) is 11.6 Å². The fraction of sp³-hybridized carbons (Fsp3) is 0.391. The van der Waals surface area contributed by atoms with Crippen LogP contribution in [0.5, 0.6) is 11.5 Å². The Morgan fingerprint density at radius 3 is 2.27 bits per heavy atom. The second-order valence-corrected chi connectivity index (χ2v) is 7.01. The largest absolute Gasteiger partial charge is 0.491 e. The van der Waals surface area contributed by atoms with Crippen LogP contribution in [-0.4, -0.2) is 13.2 Å². The first-order valence-corrected chi connectivity index (χ1v) is 9.93. The lowest BCUT2D eigenvalue weighted by Gasteiger charge is -2.24. The average molecular weight is 424 g/mol. The molecular weight excluding hydrogens is 400 g/mol. The van der Waals surface area contributed by atoms with Crippen molar-refractivity contribution < 1.29 is 31.8 Å². The van der Waals surface area contributed by atoms with E-state index in [1.165, 1.54) is 29.8 Å². The number of alkyl halides is 2. The average Bonchev–Trinajstić information content (AvgIpc) is 2.74. The molecule has 1 heterocycles. The van der Waals surface area contributed by atoms with E-state index in [0.29, 0.717) is 13.0 Å². The first-order valence-electron chi connectivity index (χ1n) is 9.93. The monoisotopic (exact) mass is 424 g/mol. The van der Waals surface area contributed by atoms with E-state index in [2.05, 4.69) is 17.7 Å². The summed E-state index contributed by atoms with van der Waals surface area (Å²) in [6.45, 7) is 4.33. The predicted molar refractivity (Wildman–Crippen MR) is 105 cm³/mol. The van der Waals surface area contributed by atoms with Crippen LogP contribution in [0.15, 0.2) is 48.0 Å². The minimum atomic E-state index is -3.85. The van der Waals surface area contributed by atoms with E-state index in [1.807, 2.05) is 0 Å². The van der Waals surface area contributed by atoms with Crippen molar-refractivity contribution in [2.45, 2.75) is 45.3 Å². The van der Waals surface area contributed by atoms with Crippen LogP contribution >= 0.6 is 0 Å². The van der Waals surface area contributed by atoms with Gasteiger partial charge in [-0.2, -0.15) is 17.6 Å². The number of ether oxygens (including phenoxy) is 3. The number of halogens is 4. The molecule has 7 heteroatoms. The van der Waals surface area contributed by atoms with Crippen LogP contribution in [0.4, 0.5) is 17.6 Å². The summed E-state index contributed by atoms with van der Waals surface area (Å²) in [5, 5.41) is 0. The lowest BCUT2D eigenvalue weighted by atomic mass is 9.99. The number of hydrogen-bond acceptors (Lipinski definition) is 3. The quantitative estimate of drug-likeness (QED) is 0.349. The van der Waals surface area contributed by atoms with E-state index in [1.54, 1.807) is 6.92 Å². The summed E-state index contributed by atoms with van der Waals surface area (Å²) in [6, 6.07) is 7.44. The molecular formula is C23H24F4O3. The fourth-order valence-electron chi connectivity index (χ4n) is 3.28. The molecule has 0 amide bonds. The molecule has 2 aromatic rings. The van der Waals surface area contributed by atoms with Gasteiger partial charge < -0.3 is 14.2 Å². The van der Waals surface area contributed by atoms with Gasteiger partial charge in [-0.15, -0.1) is 0 Å². The lowest BCUT2D eigenvalue weighted by Crippen LogP contribution is -2.23. The maximum atomic E-state index is 14.5. The van der Waals surface area contributed by atoms with Crippen LogP contribution in [0.3, 0.4) is 0 Å². The molecule has 0 aromatic heterocycles. The van der Waals surface area contributed by atoms with Gasteiger partial charge in [-0.3, -0.25) is 0 Å². The second kappa shape index (κ2) is 9.51. The predicted octanol–water partition coefficient (Wildman–Crippen LogP) is 6.68. The Kier molecular flexibility index (Phi) is 7.02. The molecule has 0 saturated heterocycles. The van der Waals surface area contributed by atoms with Gasteiger partial charge in [-0.05, 0) is 55.2 Å². The van der Waals surface area contributed by atoms with Gasteiger partial charge in [0.2, 0.25) is 11.6 Å². The summed E-state index contributed by atoms with van der Waals surface area (Å²) >= 11 is 0. The molecule has 0 fully saturated rings.